The lowest BCUT2D eigenvalue weighted by molar-refractivity contribution is -0.119. The molecular weight excluding hydrogens is 411 g/mol. The number of methoxy groups -OCH3 is 1. The van der Waals surface area contributed by atoms with Gasteiger partial charge in [0.1, 0.15) is 11.8 Å². The molecule has 0 bridgehead atoms. The Kier molecular flexibility index (Phi) is 5.95. The second kappa shape index (κ2) is 8.06. The van der Waals surface area contributed by atoms with Crippen LogP contribution in [0.1, 0.15) is 12.8 Å². The van der Waals surface area contributed by atoms with E-state index in [1.165, 1.54) is 29.6 Å². The quantitative estimate of drug-likeness (QED) is 0.785. The molecule has 1 saturated heterocycles. The van der Waals surface area contributed by atoms with Gasteiger partial charge in [0.15, 0.2) is 0 Å². The minimum Gasteiger partial charge on any atom is -0.497 e. The Balaban J connectivity index is 1.82. The molecule has 0 aromatic heterocycles. The molecule has 1 aliphatic heterocycles. The SMILES string of the molecule is COc1ccc(S(=O)(=O)N2CCCC2C(=O)Nc2ccc(Cl)cc2Cl)cc1. The fourth-order valence-corrected chi connectivity index (χ4v) is 5.09. The van der Waals surface area contributed by atoms with Gasteiger partial charge in [-0.2, -0.15) is 4.31 Å². The molecule has 2 aromatic rings. The highest BCUT2D eigenvalue weighted by Crippen LogP contribution is 2.30. The fourth-order valence-electron chi connectivity index (χ4n) is 2.98. The van der Waals surface area contributed by atoms with Gasteiger partial charge in [0, 0.05) is 11.6 Å². The number of anilines is 1. The molecule has 1 heterocycles. The topological polar surface area (TPSA) is 75.7 Å². The van der Waals surface area contributed by atoms with Crippen molar-refractivity contribution in [2.75, 3.05) is 19.0 Å². The van der Waals surface area contributed by atoms with E-state index in [1.54, 1.807) is 24.3 Å². The lowest BCUT2D eigenvalue weighted by Gasteiger charge is -2.23. The summed E-state index contributed by atoms with van der Waals surface area (Å²) < 4.78 is 32.2. The van der Waals surface area contributed by atoms with Gasteiger partial charge in [-0.15, -0.1) is 0 Å². The van der Waals surface area contributed by atoms with E-state index in [9.17, 15) is 13.2 Å². The predicted molar refractivity (Wildman–Crippen MR) is 105 cm³/mol. The predicted octanol–water partition coefficient (Wildman–Crippen LogP) is 3.79. The number of carbonyl (C=O) groups excluding carboxylic acids is 1. The Morgan fingerprint density at radius 1 is 1.19 bits per heavy atom. The molecule has 6 nitrogen and oxygen atoms in total. The van der Waals surface area contributed by atoms with Crippen LogP contribution in [0, 0.1) is 0 Å². The summed E-state index contributed by atoms with van der Waals surface area (Å²) in [5.41, 5.74) is 0.389. The van der Waals surface area contributed by atoms with Crippen LogP contribution in [0.3, 0.4) is 0 Å². The lowest BCUT2D eigenvalue weighted by Crippen LogP contribution is -2.43. The number of rotatable bonds is 5. The average Bonchev–Trinajstić information content (AvgIpc) is 3.15. The summed E-state index contributed by atoms with van der Waals surface area (Å²) in [4.78, 5) is 12.8. The summed E-state index contributed by atoms with van der Waals surface area (Å²) >= 11 is 11.9. The summed E-state index contributed by atoms with van der Waals surface area (Å²) in [6.07, 6.45) is 1.04. The van der Waals surface area contributed by atoms with Gasteiger partial charge in [0.05, 0.1) is 22.7 Å². The van der Waals surface area contributed by atoms with Crippen molar-refractivity contribution in [1.82, 2.24) is 4.31 Å². The zero-order valence-electron chi connectivity index (χ0n) is 14.5. The van der Waals surface area contributed by atoms with Gasteiger partial charge >= 0.3 is 0 Å². The first-order valence-electron chi connectivity index (χ1n) is 8.25. The van der Waals surface area contributed by atoms with Gasteiger partial charge in [-0.1, -0.05) is 23.2 Å². The van der Waals surface area contributed by atoms with Gasteiger partial charge < -0.3 is 10.1 Å². The molecule has 0 radical (unpaired) electrons. The van der Waals surface area contributed by atoms with E-state index >= 15 is 0 Å². The number of sulfonamides is 1. The van der Waals surface area contributed by atoms with Crippen LogP contribution >= 0.6 is 23.2 Å². The third-order valence-corrected chi connectivity index (χ3v) is 6.83. The number of carbonyl (C=O) groups is 1. The number of hydrogen-bond acceptors (Lipinski definition) is 4. The molecule has 0 aliphatic carbocycles. The first-order chi connectivity index (χ1) is 12.8. The van der Waals surface area contributed by atoms with E-state index in [2.05, 4.69) is 5.32 Å². The highest BCUT2D eigenvalue weighted by Gasteiger charge is 2.39. The Bertz CT molecular complexity index is 948. The summed E-state index contributed by atoms with van der Waals surface area (Å²) in [6.45, 7) is 0.279. The molecule has 1 amide bonds. The lowest BCUT2D eigenvalue weighted by atomic mass is 10.2. The van der Waals surface area contributed by atoms with E-state index in [4.69, 9.17) is 27.9 Å². The van der Waals surface area contributed by atoms with Gasteiger partial charge in [-0.25, -0.2) is 8.42 Å². The molecule has 3 rings (SSSR count). The normalized spacial score (nSPS) is 17.7. The third-order valence-electron chi connectivity index (χ3n) is 4.36. The smallest absolute Gasteiger partial charge is 0.243 e. The standard InChI is InChI=1S/C18H18Cl2N2O4S/c1-26-13-5-7-14(8-6-13)27(24,25)22-10-2-3-17(22)18(23)21-16-9-4-12(19)11-15(16)20/h4-9,11,17H,2-3,10H2,1H3,(H,21,23). The van der Waals surface area contributed by atoms with E-state index in [0.29, 0.717) is 34.3 Å². The first-order valence-corrected chi connectivity index (χ1v) is 10.4. The summed E-state index contributed by atoms with van der Waals surface area (Å²) in [5.74, 6) is 0.135. The molecule has 144 valence electrons. The molecule has 0 saturated carbocycles. The summed E-state index contributed by atoms with van der Waals surface area (Å²) in [6, 6.07) is 9.98. The zero-order valence-corrected chi connectivity index (χ0v) is 16.8. The van der Waals surface area contributed by atoms with Crippen LogP contribution < -0.4 is 10.1 Å². The highest BCUT2D eigenvalue weighted by atomic mass is 35.5. The molecule has 9 heteroatoms. The van der Waals surface area contributed by atoms with Crippen molar-refractivity contribution in [2.24, 2.45) is 0 Å². The first kappa shape index (κ1) is 19.9. The van der Waals surface area contributed by atoms with Gasteiger partial charge in [0.25, 0.3) is 0 Å². The summed E-state index contributed by atoms with van der Waals surface area (Å²) in [5, 5.41) is 3.43. The van der Waals surface area contributed by atoms with Gasteiger partial charge in [-0.05, 0) is 55.3 Å². The van der Waals surface area contributed by atoms with Crippen molar-refractivity contribution in [3.63, 3.8) is 0 Å². The Labute approximate surface area is 168 Å². The largest absolute Gasteiger partial charge is 0.497 e. The van der Waals surface area contributed by atoms with Crippen LogP contribution in [-0.4, -0.2) is 38.3 Å². The number of nitrogens with one attached hydrogen (secondary N) is 1. The Morgan fingerprint density at radius 3 is 2.52 bits per heavy atom. The van der Waals surface area contributed by atoms with E-state index in [0.717, 1.165) is 0 Å². The third kappa shape index (κ3) is 4.21. The van der Waals surface area contributed by atoms with Crippen molar-refractivity contribution in [2.45, 2.75) is 23.8 Å². The minimum atomic E-state index is -3.80. The molecular formula is C18H18Cl2N2O4S. The van der Waals surface area contributed by atoms with Crippen molar-refractivity contribution in [1.29, 1.82) is 0 Å². The maximum absolute atomic E-state index is 13.0. The van der Waals surface area contributed by atoms with E-state index < -0.39 is 22.0 Å². The number of benzene rings is 2. The minimum absolute atomic E-state index is 0.118. The molecule has 1 unspecified atom stereocenters. The molecule has 1 atom stereocenters. The molecule has 1 aliphatic rings. The fraction of sp³-hybridized carbons (Fsp3) is 0.278. The summed E-state index contributed by atoms with van der Waals surface area (Å²) in [7, 11) is -2.30. The second-order valence-corrected chi connectivity index (χ2v) is 8.80. The maximum Gasteiger partial charge on any atom is 0.243 e. The van der Waals surface area contributed by atoms with Crippen molar-refractivity contribution in [3.05, 3.63) is 52.5 Å². The van der Waals surface area contributed by atoms with Gasteiger partial charge in [0.2, 0.25) is 15.9 Å². The number of amides is 1. The van der Waals surface area contributed by atoms with E-state index in [1.807, 2.05) is 0 Å². The van der Waals surface area contributed by atoms with Crippen LogP contribution in [0.2, 0.25) is 10.0 Å². The van der Waals surface area contributed by atoms with Crippen molar-refractivity contribution >= 4 is 44.8 Å². The van der Waals surface area contributed by atoms with Crippen LogP contribution in [0.4, 0.5) is 5.69 Å². The van der Waals surface area contributed by atoms with Crippen LogP contribution in [0.25, 0.3) is 0 Å². The number of halogens is 2. The number of ether oxygens (including phenoxy) is 1. The average molecular weight is 429 g/mol. The van der Waals surface area contributed by atoms with Crippen molar-refractivity contribution < 1.29 is 17.9 Å². The van der Waals surface area contributed by atoms with Gasteiger partial charge in [-0.3, -0.25) is 4.79 Å². The van der Waals surface area contributed by atoms with Crippen LogP contribution in [0.15, 0.2) is 47.4 Å². The number of hydrogen-bond donors (Lipinski definition) is 1. The molecule has 0 spiro atoms. The van der Waals surface area contributed by atoms with Crippen LogP contribution in [-0.2, 0) is 14.8 Å². The second-order valence-electron chi connectivity index (χ2n) is 6.06. The van der Waals surface area contributed by atoms with Crippen LogP contribution in [0.5, 0.6) is 5.75 Å². The maximum atomic E-state index is 13.0. The van der Waals surface area contributed by atoms with E-state index in [-0.39, 0.29) is 11.4 Å². The van der Waals surface area contributed by atoms with Crippen molar-refractivity contribution in [3.8, 4) is 5.75 Å². The Hall–Kier alpha value is -1.80. The molecule has 2 aromatic carbocycles. The molecule has 1 fully saturated rings. The zero-order chi connectivity index (χ0) is 19.6. The molecule has 27 heavy (non-hydrogen) atoms. The highest BCUT2D eigenvalue weighted by molar-refractivity contribution is 7.89. The number of nitrogens with zero attached hydrogens (tertiary/aromatic N) is 1. The molecule has 1 N–H and O–H groups in total. The Morgan fingerprint density at radius 2 is 1.89 bits per heavy atom. The monoisotopic (exact) mass is 428 g/mol.